The summed E-state index contributed by atoms with van der Waals surface area (Å²) in [6.45, 7) is 7.21. The molecule has 1 aliphatic carbocycles. The topological polar surface area (TPSA) is 140 Å². The zero-order chi connectivity index (χ0) is 31.7. The molecule has 244 valence electrons. The number of benzene rings is 2. The predicted octanol–water partition coefficient (Wildman–Crippen LogP) is 3.84. The van der Waals surface area contributed by atoms with Crippen molar-refractivity contribution < 1.29 is 36.9 Å². The number of carbonyl (C=O) groups excluding carboxylic acids is 1. The Labute approximate surface area is 264 Å². The number of fused-ring (bicyclic) bond motifs is 2. The van der Waals surface area contributed by atoms with E-state index in [-0.39, 0.29) is 54.0 Å². The van der Waals surface area contributed by atoms with Crippen molar-refractivity contribution >= 4 is 27.1 Å². The number of oxazole rings is 1. The third-order valence-electron chi connectivity index (χ3n) is 9.28. The Bertz CT molecular complexity index is 1580. The van der Waals surface area contributed by atoms with Crippen molar-refractivity contribution in [2.75, 3.05) is 26.3 Å². The van der Waals surface area contributed by atoms with Gasteiger partial charge in [0.05, 0.1) is 30.6 Å². The van der Waals surface area contributed by atoms with E-state index in [1.54, 1.807) is 13.0 Å². The van der Waals surface area contributed by atoms with Crippen LogP contribution in [0.25, 0.3) is 11.1 Å². The molecule has 0 amide bonds. The SMILES string of the molecule is Cc1nc2cc(S(=O)(=O)NN(CCC(C)C)C[C@@H](O)[C@@H](CC(=O)OC3C4COC5OCC3C5C4)Cc3ccccc3)ccc2o1. The highest BCUT2D eigenvalue weighted by molar-refractivity contribution is 7.89. The van der Waals surface area contributed by atoms with E-state index in [1.807, 2.05) is 30.3 Å². The molecule has 3 fully saturated rings. The molecular weight excluding hydrogens is 598 g/mol. The number of esters is 1. The third-order valence-corrected chi connectivity index (χ3v) is 10.7. The van der Waals surface area contributed by atoms with Gasteiger partial charge in [-0.3, -0.25) is 4.79 Å². The number of hydrogen-bond donors (Lipinski definition) is 2. The number of nitrogens with zero attached hydrogens (tertiary/aromatic N) is 2. The molecule has 6 rings (SSSR count). The lowest BCUT2D eigenvalue weighted by Crippen LogP contribution is -2.48. The van der Waals surface area contributed by atoms with Crippen molar-refractivity contribution in [3.05, 3.63) is 60.0 Å². The molecule has 2 saturated heterocycles. The maximum absolute atomic E-state index is 13.5. The van der Waals surface area contributed by atoms with Crippen molar-refractivity contribution in [2.24, 2.45) is 29.6 Å². The van der Waals surface area contributed by atoms with Gasteiger partial charge in [-0.1, -0.05) is 44.2 Å². The average Bonchev–Trinajstić information content (AvgIpc) is 3.66. The second-order valence-electron chi connectivity index (χ2n) is 13.1. The monoisotopic (exact) mass is 641 g/mol. The molecule has 3 aliphatic rings. The molecule has 45 heavy (non-hydrogen) atoms. The lowest BCUT2D eigenvalue weighted by atomic mass is 9.90. The molecule has 1 aromatic heterocycles. The summed E-state index contributed by atoms with van der Waals surface area (Å²) >= 11 is 0. The number of aliphatic hydroxyl groups excluding tert-OH is 1. The van der Waals surface area contributed by atoms with Gasteiger partial charge in [0, 0.05) is 43.7 Å². The summed E-state index contributed by atoms with van der Waals surface area (Å²) in [7, 11) is -4.00. The maximum Gasteiger partial charge on any atom is 0.306 e. The van der Waals surface area contributed by atoms with Gasteiger partial charge in [-0.2, -0.15) is 0 Å². The van der Waals surface area contributed by atoms with E-state index in [0.717, 1.165) is 12.0 Å². The fourth-order valence-electron chi connectivity index (χ4n) is 6.90. The van der Waals surface area contributed by atoms with Crippen LogP contribution in [0.5, 0.6) is 0 Å². The van der Waals surface area contributed by atoms with Crippen LogP contribution in [0.3, 0.4) is 0 Å². The maximum atomic E-state index is 13.5. The van der Waals surface area contributed by atoms with E-state index >= 15 is 0 Å². The highest BCUT2D eigenvalue weighted by Gasteiger charge is 2.56. The number of carbonyl (C=O) groups is 1. The van der Waals surface area contributed by atoms with Gasteiger partial charge in [0.1, 0.15) is 11.6 Å². The van der Waals surface area contributed by atoms with Crippen LogP contribution in [0.1, 0.15) is 44.6 Å². The highest BCUT2D eigenvalue weighted by atomic mass is 32.2. The Kier molecular flexibility index (Phi) is 9.60. The zero-order valence-corrected chi connectivity index (χ0v) is 26.8. The first-order chi connectivity index (χ1) is 21.6. The number of ether oxygens (including phenoxy) is 3. The number of hydrazine groups is 1. The minimum atomic E-state index is -4.00. The summed E-state index contributed by atoms with van der Waals surface area (Å²) in [5.41, 5.74) is 1.92. The molecule has 1 saturated carbocycles. The molecule has 0 radical (unpaired) electrons. The zero-order valence-electron chi connectivity index (χ0n) is 26.0. The molecule has 12 heteroatoms. The molecule has 2 bridgehead atoms. The Morgan fingerprint density at radius 2 is 1.91 bits per heavy atom. The number of hydrogen-bond acceptors (Lipinski definition) is 10. The summed E-state index contributed by atoms with van der Waals surface area (Å²) < 4.78 is 50.2. The lowest BCUT2D eigenvalue weighted by Gasteiger charge is -2.31. The van der Waals surface area contributed by atoms with Crippen LogP contribution in [0.4, 0.5) is 0 Å². The van der Waals surface area contributed by atoms with E-state index in [1.165, 1.54) is 17.1 Å². The number of rotatable bonds is 14. The first-order valence-electron chi connectivity index (χ1n) is 15.8. The Morgan fingerprint density at radius 1 is 1.13 bits per heavy atom. The quantitative estimate of drug-likeness (QED) is 0.197. The second kappa shape index (κ2) is 13.5. The van der Waals surface area contributed by atoms with E-state index in [0.29, 0.717) is 55.5 Å². The van der Waals surface area contributed by atoms with Crippen LogP contribution < -0.4 is 4.83 Å². The second-order valence-corrected chi connectivity index (χ2v) is 14.8. The van der Waals surface area contributed by atoms with Crippen LogP contribution in [-0.4, -0.2) is 74.3 Å². The van der Waals surface area contributed by atoms with Gasteiger partial charge in [-0.15, -0.1) is 4.83 Å². The molecule has 7 atom stereocenters. The van der Waals surface area contributed by atoms with E-state index in [4.69, 9.17) is 18.6 Å². The van der Waals surface area contributed by atoms with Gasteiger partial charge in [0.25, 0.3) is 10.0 Å². The molecule has 2 aromatic carbocycles. The summed E-state index contributed by atoms with van der Waals surface area (Å²) in [6, 6.07) is 14.2. The van der Waals surface area contributed by atoms with Crippen molar-refractivity contribution in [3.8, 4) is 0 Å². The van der Waals surface area contributed by atoms with Gasteiger partial charge in [-0.05, 0) is 48.9 Å². The Morgan fingerprint density at radius 3 is 2.69 bits per heavy atom. The summed E-state index contributed by atoms with van der Waals surface area (Å²) in [4.78, 5) is 20.4. The van der Waals surface area contributed by atoms with Crippen LogP contribution >= 0.6 is 0 Å². The first kappa shape index (κ1) is 32.1. The summed E-state index contributed by atoms with van der Waals surface area (Å²) in [6.07, 6.45) is 0.553. The fourth-order valence-corrected chi connectivity index (χ4v) is 8.02. The summed E-state index contributed by atoms with van der Waals surface area (Å²) in [5.74, 6) is 0.401. The normalized spacial score (nSPS) is 25.7. The van der Waals surface area contributed by atoms with E-state index in [9.17, 15) is 18.3 Å². The molecule has 5 unspecified atom stereocenters. The molecule has 11 nitrogen and oxygen atoms in total. The molecule has 3 aromatic rings. The van der Waals surface area contributed by atoms with E-state index in [2.05, 4.69) is 23.7 Å². The van der Waals surface area contributed by atoms with Crippen LogP contribution in [-0.2, 0) is 35.4 Å². The number of aryl methyl sites for hydroxylation is 1. The number of aliphatic hydroxyl groups is 1. The largest absolute Gasteiger partial charge is 0.462 e. The molecule has 2 N–H and O–H groups in total. The van der Waals surface area contributed by atoms with Crippen LogP contribution in [0, 0.1) is 36.5 Å². The van der Waals surface area contributed by atoms with E-state index < -0.39 is 22.0 Å². The first-order valence-corrected chi connectivity index (χ1v) is 17.3. The number of sulfonamides is 1. The van der Waals surface area contributed by atoms with Gasteiger partial charge in [0.2, 0.25) is 0 Å². The lowest BCUT2D eigenvalue weighted by molar-refractivity contribution is -0.178. The number of nitrogens with one attached hydrogen (secondary N) is 1. The van der Waals surface area contributed by atoms with Crippen molar-refractivity contribution in [3.63, 3.8) is 0 Å². The minimum Gasteiger partial charge on any atom is -0.462 e. The average molecular weight is 642 g/mol. The predicted molar refractivity (Wildman–Crippen MR) is 165 cm³/mol. The van der Waals surface area contributed by atoms with Gasteiger partial charge >= 0.3 is 5.97 Å². The third kappa shape index (κ3) is 7.42. The van der Waals surface area contributed by atoms with Gasteiger partial charge in [-0.25, -0.2) is 18.4 Å². The highest BCUT2D eigenvalue weighted by Crippen LogP contribution is 2.49. The van der Waals surface area contributed by atoms with Crippen molar-refractivity contribution in [1.82, 2.24) is 14.8 Å². The standard InChI is InChI=1S/C33H43N3O8S/c1-20(2)11-12-36(35-45(39,40)25-9-10-30-28(16-25)34-21(3)43-30)17-29(37)23(13-22-7-5-4-6-8-22)15-31(38)44-32-24-14-26-27(32)19-42-33(26)41-18-24/h4-10,16,20,23-24,26-27,29,32-33,35,37H,11-15,17-19H2,1-3H3/t23-,24?,26?,27?,29-,32?,33?/m1/s1. The fraction of sp³-hybridized carbons (Fsp3) is 0.576. The van der Waals surface area contributed by atoms with Gasteiger partial charge < -0.3 is 23.7 Å². The molecular formula is C33H43N3O8S. The smallest absolute Gasteiger partial charge is 0.306 e. The minimum absolute atomic E-state index is 0.00520. The van der Waals surface area contributed by atoms with Crippen LogP contribution in [0.2, 0.25) is 0 Å². The Hall–Kier alpha value is -2.87. The molecule has 3 heterocycles. The van der Waals surface area contributed by atoms with Crippen LogP contribution in [0.15, 0.2) is 57.8 Å². The Balaban J connectivity index is 1.17. The van der Waals surface area contributed by atoms with Crippen molar-refractivity contribution in [2.45, 2.75) is 69.8 Å². The molecule has 0 spiro atoms. The van der Waals surface area contributed by atoms with Crippen molar-refractivity contribution in [1.29, 1.82) is 0 Å². The molecule has 2 aliphatic heterocycles. The number of aromatic nitrogens is 1. The summed E-state index contributed by atoms with van der Waals surface area (Å²) in [5, 5.41) is 13.2. The van der Waals surface area contributed by atoms with Gasteiger partial charge in [0.15, 0.2) is 17.8 Å².